The molecule has 25 heavy (non-hydrogen) atoms. The highest BCUT2D eigenvalue weighted by atomic mass is 19.1. The number of para-hydroxylation sites is 1. The normalized spacial score (nSPS) is 10.5. The van der Waals surface area contributed by atoms with Crippen LogP contribution in [0.5, 0.6) is 5.75 Å². The van der Waals surface area contributed by atoms with Crippen molar-refractivity contribution >= 4 is 5.91 Å². The maximum absolute atomic E-state index is 13.8. The molecule has 6 heteroatoms. The van der Waals surface area contributed by atoms with Gasteiger partial charge in [-0.15, -0.1) is 0 Å². The first-order chi connectivity index (χ1) is 12.1. The number of hydrogen-bond acceptors (Lipinski definition) is 3. The van der Waals surface area contributed by atoms with Crippen LogP contribution >= 0.6 is 0 Å². The van der Waals surface area contributed by atoms with Crippen LogP contribution in [-0.4, -0.2) is 22.6 Å². The number of benzene rings is 2. The first-order valence-corrected chi connectivity index (χ1v) is 7.80. The zero-order valence-corrected chi connectivity index (χ0v) is 14.0. The fourth-order valence-corrected chi connectivity index (χ4v) is 2.61. The Morgan fingerprint density at radius 3 is 2.76 bits per heavy atom. The second kappa shape index (κ2) is 7.17. The Labute approximate surface area is 145 Å². The molecule has 1 aromatic heterocycles. The summed E-state index contributed by atoms with van der Waals surface area (Å²) >= 11 is 0. The Morgan fingerprint density at radius 2 is 2.08 bits per heavy atom. The Morgan fingerprint density at radius 1 is 1.28 bits per heavy atom. The van der Waals surface area contributed by atoms with Gasteiger partial charge in [-0.05, 0) is 36.8 Å². The van der Waals surface area contributed by atoms with Crippen molar-refractivity contribution in [1.82, 2.24) is 14.9 Å². The van der Waals surface area contributed by atoms with Crippen LogP contribution < -0.4 is 10.1 Å². The molecule has 0 aliphatic rings. The fourth-order valence-electron chi connectivity index (χ4n) is 2.61. The van der Waals surface area contributed by atoms with Gasteiger partial charge in [0.2, 0.25) is 0 Å². The number of halogens is 1. The van der Waals surface area contributed by atoms with Gasteiger partial charge in [0.1, 0.15) is 5.82 Å². The molecule has 1 N–H and O–H groups in total. The van der Waals surface area contributed by atoms with Gasteiger partial charge >= 0.3 is 0 Å². The number of imidazole rings is 1. The lowest BCUT2D eigenvalue weighted by molar-refractivity contribution is 0.0950. The molecule has 0 aliphatic carbocycles. The third-order valence-corrected chi connectivity index (χ3v) is 3.93. The number of hydrogen-bond donors (Lipinski definition) is 1. The van der Waals surface area contributed by atoms with E-state index in [9.17, 15) is 9.18 Å². The minimum absolute atomic E-state index is 0.109. The molecule has 128 valence electrons. The minimum Gasteiger partial charge on any atom is -0.494 e. The quantitative estimate of drug-likeness (QED) is 0.776. The molecule has 5 nitrogen and oxygen atoms in total. The summed E-state index contributed by atoms with van der Waals surface area (Å²) < 4.78 is 20.6. The number of carbonyl (C=O) groups excluding carboxylic acids is 1. The topological polar surface area (TPSA) is 56.1 Å². The summed E-state index contributed by atoms with van der Waals surface area (Å²) in [7, 11) is 1.38. The average Bonchev–Trinajstić information content (AvgIpc) is 3.05. The van der Waals surface area contributed by atoms with E-state index in [2.05, 4.69) is 10.3 Å². The lowest BCUT2D eigenvalue weighted by atomic mass is 10.1. The number of carbonyl (C=O) groups is 1. The van der Waals surface area contributed by atoms with Crippen LogP contribution in [0, 0.1) is 12.7 Å². The standard InChI is InChI=1S/C19H18FN3O2/c1-13-21-9-10-23(13)17-6-4-3-5-15(17)12-22-19(24)14-7-8-18(25-2)16(20)11-14/h3-11H,12H2,1-2H3,(H,22,24). The molecule has 3 aromatic rings. The third kappa shape index (κ3) is 3.52. The van der Waals surface area contributed by atoms with Gasteiger partial charge in [-0.2, -0.15) is 0 Å². The second-order valence-electron chi connectivity index (χ2n) is 5.51. The number of methoxy groups -OCH3 is 1. The van der Waals surface area contributed by atoms with E-state index < -0.39 is 5.82 Å². The molecule has 2 aromatic carbocycles. The molecule has 3 rings (SSSR count). The highest BCUT2D eigenvalue weighted by Gasteiger charge is 2.12. The lowest BCUT2D eigenvalue weighted by Crippen LogP contribution is -2.23. The Kier molecular flexibility index (Phi) is 4.79. The van der Waals surface area contributed by atoms with E-state index in [1.54, 1.807) is 6.20 Å². The zero-order chi connectivity index (χ0) is 17.8. The summed E-state index contributed by atoms with van der Waals surface area (Å²) in [6.45, 7) is 2.23. The van der Waals surface area contributed by atoms with E-state index in [4.69, 9.17) is 4.74 Å². The van der Waals surface area contributed by atoms with Gasteiger partial charge in [0.05, 0.1) is 12.8 Å². The maximum atomic E-state index is 13.8. The first-order valence-electron chi connectivity index (χ1n) is 7.80. The van der Waals surface area contributed by atoms with E-state index in [0.29, 0.717) is 6.54 Å². The Bertz CT molecular complexity index is 905. The molecule has 0 aliphatic heterocycles. The van der Waals surface area contributed by atoms with Crippen molar-refractivity contribution in [2.75, 3.05) is 7.11 Å². The van der Waals surface area contributed by atoms with Crippen LogP contribution in [0.15, 0.2) is 54.9 Å². The summed E-state index contributed by atoms with van der Waals surface area (Å²) in [4.78, 5) is 16.5. The van der Waals surface area contributed by atoms with Crippen molar-refractivity contribution in [3.63, 3.8) is 0 Å². The summed E-state index contributed by atoms with van der Waals surface area (Å²) in [6.07, 6.45) is 3.60. The van der Waals surface area contributed by atoms with Gasteiger partial charge in [-0.3, -0.25) is 4.79 Å². The van der Waals surface area contributed by atoms with Crippen molar-refractivity contribution in [3.05, 3.63) is 77.6 Å². The molecule has 0 bridgehead atoms. The Balaban J connectivity index is 1.77. The summed E-state index contributed by atoms with van der Waals surface area (Å²) in [5.74, 6) is 0.0526. The number of amides is 1. The molecule has 1 heterocycles. The number of aromatic nitrogens is 2. The number of nitrogens with zero attached hydrogens (tertiary/aromatic N) is 2. The van der Waals surface area contributed by atoms with Crippen molar-refractivity contribution in [3.8, 4) is 11.4 Å². The van der Waals surface area contributed by atoms with Crippen LogP contribution in [0.4, 0.5) is 4.39 Å². The third-order valence-electron chi connectivity index (χ3n) is 3.93. The summed E-state index contributed by atoms with van der Waals surface area (Å²) in [5, 5.41) is 2.82. The van der Waals surface area contributed by atoms with Gasteiger partial charge in [0.15, 0.2) is 11.6 Å². The van der Waals surface area contributed by atoms with E-state index in [1.165, 1.54) is 25.3 Å². The molecule has 1 amide bonds. The number of aryl methyl sites for hydroxylation is 1. The molecular weight excluding hydrogens is 321 g/mol. The fraction of sp³-hybridized carbons (Fsp3) is 0.158. The molecule has 0 fully saturated rings. The van der Waals surface area contributed by atoms with Crippen molar-refractivity contribution in [1.29, 1.82) is 0 Å². The van der Waals surface area contributed by atoms with Crippen LogP contribution in [0.2, 0.25) is 0 Å². The SMILES string of the molecule is COc1ccc(C(=O)NCc2ccccc2-n2ccnc2C)cc1F. The monoisotopic (exact) mass is 339 g/mol. The van der Waals surface area contributed by atoms with E-state index in [1.807, 2.05) is 42.0 Å². The van der Waals surface area contributed by atoms with Crippen molar-refractivity contribution in [2.45, 2.75) is 13.5 Å². The summed E-state index contributed by atoms with van der Waals surface area (Å²) in [5.41, 5.74) is 2.12. The predicted molar refractivity (Wildman–Crippen MR) is 92.4 cm³/mol. The molecule has 0 spiro atoms. The highest BCUT2D eigenvalue weighted by Crippen LogP contribution is 2.19. The van der Waals surface area contributed by atoms with Gasteiger partial charge in [0, 0.05) is 24.5 Å². The molecular formula is C19H18FN3O2. The van der Waals surface area contributed by atoms with Gasteiger partial charge in [-0.25, -0.2) is 9.37 Å². The van der Waals surface area contributed by atoms with Crippen LogP contribution in [0.3, 0.4) is 0 Å². The smallest absolute Gasteiger partial charge is 0.251 e. The molecule has 0 unspecified atom stereocenters. The van der Waals surface area contributed by atoms with Gasteiger partial charge in [-0.1, -0.05) is 18.2 Å². The largest absolute Gasteiger partial charge is 0.494 e. The molecule has 0 saturated heterocycles. The van der Waals surface area contributed by atoms with Crippen LogP contribution in [0.25, 0.3) is 5.69 Å². The van der Waals surface area contributed by atoms with E-state index in [-0.39, 0.29) is 17.2 Å². The minimum atomic E-state index is -0.565. The van der Waals surface area contributed by atoms with E-state index in [0.717, 1.165) is 17.1 Å². The zero-order valence-electron chi connectivity index (χ0n) is 14.0. The summed E-state index contributed by atoms with van der Waals surface area (Å²) in [6, 6.07) is 11.9. The van der Waals surface area contributed by atoms with Crippen molar-refractivity contribution in [2.24, 2.45) is 0 Å². The van der Waals surface area contributed by atoms with Gasteiger partial charge < -0.3 is 14.6 Å². The van der Waals surface area contributed by atoms with Crippen molar-refractivity contribution < 1.29 is 13.9 Å². The molecule has 0 radical (unpaired) electrons. The van der Waals surface area contributed by atoms with Gasteiger partial charge in [0.25, 0.3) is 5.91 Å². The molecule has 0 saturated carbocycles. The molecule has 0 atom stereocenters. The van der Waals surface area contributed by atoms with E-state index >= 15 is 0 Å². The Hall–Kier alpha value is -3.15. The predicted octanol–water partition coefficient (Wildman–Crippen LogP) is 3.26. The highest BCUT2D eigenvalue weighted by molar-refractivity contribution is 5.94. The number of ether oxygens (including phenoxy) is 1. The maximum Gasteiger partial charge on any atom is 0.251 e. The number of rotatable bonds is 5. The van der Waals surface area contributed by atoms with Crippen LogP contribution in [0.1, 0.15) is 21.7 Å². The second-order valence-corrected chi connectivity index (χ2v) is 5.51. The van der Waals surface area contributed by atoms with Crippen LogP contribution in [-0.2, 0) is 6.54 Å². The lowest BCUT2D eigenvalue weighted by Gasteiger charge is -2.13. The number of nitrogens with one attached hydrogen (secondary N) is 1. The average molecular weight is 339 g/mol. The first kappa shape index (κ1) is 16.7.